The summed E-state index contributed by atoms with van der Waals surface area (Å²) in [4.78, 5) is 4.16. The van der Waals surface area contributed by atoms with Gasteiger partial charge in [0.05, 0.1) is 17.3 Å². The van der Waals surface area contributed by atoms with Crippen LogP contribution in [-0.2, 0) is 6.61 Å². The minimum Gasteiger partial charge on any atom is -0.390 e. The first-order chi connectivity index (χ1) is 5.15. The Bertz CT molecular complexity index is 247. The molecule has 0 bridgehead atoms. The van der Waals surface area contributed by atoms with Crippen molar-refractivity contribution in [1.29, 1.82) is 0 Å². The second-order valence-corrected chi connectivity index (χ2v) is 4.22. The van der Waals surface area contributed by atoms with Crippen molar-refractivity contribution >= 4 is 22.9 Å². The van der Waals surface area contributed by atoms with Gasteiger partial charge in [0, 0.05) is 5.92 Å². The molecular weight excluding hydrogens is 182 g/mol. The third kappa shape index (κ3) is 1.92. The highest BCUT2D eigenvalue weighted by Gasteiger charge is 2.10. The molecule has 0 fully saturated rings. The van der Waals surface area contributed by atoms with Crippen molar-refractivity contribution in [3.8, 4) is 0 Å². The van der Waals surface area contributed by atoms with Gasteiger partial charge in [-0.2, -0.15) is 0 Å². The molecule has 1 rings (SSSR count). The fourth-order valence-corrected chi connectivity index (χ4v) is 1.84. The predicted octanol–water partition coefficient (Wildman–Crippen LogP) is 2.41. The average molecular weight is 192 g/mol. The SMILES string of the molecule is CC(C)c1nc(CO)c(Cl)s1. The van der Waals surface area contributed by atoms with Crippen LogP contribution in [0.15, 0.2) is 0 Å². The van der Waals surface area contributed by atoms with Crippen LogP contribution in [0.5, 0.6) is 0 Å². The Morgan fingerprint density at radius 2 is 2.27 bits per heavy atom. The smallest absolute Gasteiger partial charge is 0.119 e. The van der Waals surface area contributed by atoms with Gasteiger partial charge in [0.2, 0.25) is 0 Å². The van der Waals surface area contributed by atoms with E-state index in [0.29, 0.717) is 15.9 Å². The molecule has 0 spiro atoms. The predicted molar refractivity (Wildman–Crippen MR) is 47.1 cm³/mol. The molecular formula is C7H10ClNOS. The zero-order valence-electron chi connectivity index (χ0n) is 6.47. The highest BCUT2D eigenvalue weighted by Crippen LogP contribution is 2.28. The van der Waals surface area contributed by atoms with E-state index < -0.39 is 0 Å². The molecule has 0 aliphatic heterocycles. The molecule has 0 atom stereocenters. The molecule has 62 valence electrons. The van der Waals surface area contributed by atoms with Gasteiger partial charge in [0.15, 0.2) is 0 Å². The van der Waals surface area contributed by atoms with Crippen molar-refractivity contribution in [3.05, 3.63) is 15.0 Å². The fourth-order valence-electron chi connectivity index (χ4n) is 0.695. The van der Waals surface area contributed by atoms with Crippen LogP contribution >= 0.6 is 22.9 Å². The number of halogens is 1. The first-order valence-electron chi connectivity index (χ1n) is 3.41. The van der Waals surface area contributed by atoms with Crippen molar-refractivity contribution in [2.75, 3.05) is 0 Å². The molecule has 11 heavy (non-hydrogen) atoms. The lowest BCUT2D eigenvalue weighted by Gasteiger charge is -1.94. The quantitative estimate of drug-likeness (QED) is 0.779. The van der Waals surface area contributed by atoms with Crippen LogP contribution in [0.2, 0.25) is 4.34 Å². The van der Waals surface area contributed by atoms with E-state index in [9.17, 15) is 0 Å². The topological polar surface area (TPSA) is 33.1 Å². The summed E-state index contributed by atoms with van der Waals surface area (Å²) in [6, 6.07) is 0. The van der Waals surface area contributed by atoms with E-state index in [2.05, 4.69) is 18.8 Å². The summed E-state index contributed by atoms with van der Waals surface area (Å²) in [5, 5.41) is 9.76. The second-order valence-electron chi connectivity index (χ2n) is 2.59. The molecule has 0 radical (unpaired) electrons. The number of hydrogen-bond acceptors (Lipinski definition) is 3. The maximum Gasteiger partial charge on any atom is 0.119 e. The molecule has 0 aliphatic rings. The third-order valence-corrected chi connectivity index (χ3v) is 2.95. The molecule has 0 aliphatic carbocycles. The number of thiazole rings is 1. The van der Waals surface area contributed by atoms with Gasteiger partial charge in [0.1, 0.15) is 4.34 Å². The molecule has 0 saturated heterocycles. The average Bonchev–Trinajstić information content (AvgIpc) is 2.31. The lowest BCUT2D eigenvalue weighted by molar-refractivity contribution is 0.277. The monoisotopic (exact) mass is 191 g/mol. The summed E-state index contributed by atoms with van der Waals surface area (Å²) >= 11 is 7.23. The molecule has 4 heteroatoms. The summed E-state index contributed by atoms with van der Waals surface area (Å²) in [5.74, 6) is 0.387. The van der Waals surface area contributed by atoms with E-state index in [4.69, 9.17) is 16.7 Å². The van der Waals surface area contributed by atoms with Gasteiger partial charge in [-0.1, -0.05) is 25.4 Å². The lowest BCUT2D eigenvalue weighted by Crippen LogP contribution is -1.87. The van der Waals surface area contributed by atoms with Crippen molar-refractivity contribution in [3.63, 3.8) is 0 Å². The number of aliphatic hydroxyl groups is 1. The van der Waals surface area contributed by atoms with E-state index in [1.165, 1.54) is 11.3 Å². The standard InChI is InChI=1S/C7H10ClNOS/c1-4(2)7-9-5(3-10)6(8)11-7/h4,10H,3H2,1-2H3. The minimum atomic E-state index is -0.0674. The van der Waals surface area contributed by atoms with Crippen LogP contribution < -0.4 is 0 Å². The van der Waals surface area contributed by atoms with Gasteiger partial charge in [-0.25, -0.2) is 4.98 Å². The van der Waals surface area contributed by atoms with Crippen molar-refractivity contribution in [1.82, 2.24) is 4.98 Å². The molecule has 0 saturated carbocycles. The van der Waals surface area contributed by atoms with Crippen LogP contribution in [0.3, 0.4) is 0 Å². The van der Waals surface area contributed by atoms with E-state index in [0.717, 1.165) is 5.01 Å². The Hall–Kier alpha value is -0.120. The normalized spacial score (nSPS) is 11.0. The van der Waals surface area contributed by atoms with Gasteiger partial charge in [-0.15, -0.1) is 11.3 Å². The van der Waals surface area contributed by atoms with Crippen molar-refractivity contribution in [2.24, 2.45) is 0 Å². The molecule has 1 N–H and O–H groups in total. The van der Waals surface area contributed by atoms with Crippen LogP contribution in [-0.4, -0.2) is 10.1 Å². The largest absolute Gasteiger partial charge is 0.390 e. The van der Waals surface area contributed by atoms with Crippen molar-refractivity contribution in [2.45, 2.75) is 26.4 Å². The van der Waals surface area contributed by atoms with Crippen LogP contribution in [0.4, 0.5) is 0 Å². The fraction of sp³-hybridized carbons (Fsp3) is 0.571. The van der Waals surface area contributed by atoms with Gasteiger partial charge >= 0.3 is 0 Å². The van der Waals surface area contributed by atoms with Crippen LogP contribution in [0.25, 0.3) is 0 Å². The number of aromatic nitrogens is 1. The summed E-state index contributed by atoms with van der Waals surface area (Å²) < 4.78 is 0.608. The Labute approximate surface area is 74.8 Å². The van der Waals surface area contributed by atoms with Gasteiger partial charge in [-0.3, -0.25) is 0 Å². The molecule has 0 unspecified atom stereocenters. The second kappa shape index (κ2) is 3.52. The van der Waals surface area contributed by atoms with Gasteiger partial charge in [0.25, 0.3) is 0 Å². The van der Waals surface area contributed by atoms with Crippen LogP contribution in [0.1, 0.15) is 30.5 Å². The highest BCUT2D eigenvalue weighted by atomic mass is 35.5. The number of rotatable bonds is 2. The summed E-state index contributed by atoms with van der Waals surface area (Å²) in [6.45, 7) is 4.04. The summed E-state index contributed by atoms with van der Waals surface area (Å²) in [5.41, 5.74) is 0.598. The Balaban J connectivity index is 2.95. The zero-order chi connectivity index (χ0) is 8.43. The van der Waals surface area contributed by atoms with E-state index in [1.54, 1.807) is 0 Å². The Kier molecular flexibility index (Phi) is 2.87. The molecule has 0 aromatic carbocycles. The van der Waals surface area contributed by atoms with Crippen LogP contribution in [0, 0.1) is 0 Å². The van der Waals surface area contributed by atoms with Gasteiger partial charge in [-0.05, 0) is 0 Å². The zero-order valence-corrected chi connectivity index (χ0v) is 8.04. The maximum atomic E-state index is 8.77. The maximum absolute atomic E-state index is 8.77. The molecule has 0 amide bonds. The van der Waals surface area contributed by atoms with E-state index in [-0.39, 0.29) is 6.61 Å². The molecule has 1 aromatic rings. The molecule has 1 aromatic heterocycles. The number of aliphatic hydroxyl groups excluding tert-OH is 1. The van der Waals surface area contributed by atoms with E-state index in [1.807, 2.05) is 0 Å². The van der Waals surface area contributed by atoms with Gasteiger partial charge < -0.3 is 5.11 Å². The Morgan fingerprint density at radius 1 is 1.64 bits per heavy atom. The lowest BCUT2D eigenvalue weighted by atomic mass is 10.2. The first-order valence-corrected chi connectivity index (χ1v) is 4.60. The number of hydrogen-bond donors (Lipinski definition) is 1. The molecule has 2 nitrogen and oxygen atoms in total. The van der Waals surface area contributed by atoms with Crippen molar-refractivity contribution < 1.29 is 5.11 Å². The summed E-state index contributed by atoms with van der Waals surface area (Å²) in [7, 11) is 0. The molecule has 1 heterocycles. The summed E-state index contributed by atoms with van der Waals surface area (Å²) in [6.07, 6.45) is 0. The first kappa shape index (κ1) is 8.97. The van der Waals surface area contributed by atoms with E-state index >= 15 is 0 Å². The Morgan fingerprint density at radius 3 is 2.55 bits per heavy atom. The minimum absolute atomic E-state index is 0.0674. The third-order valence-electron chi connectivity index (χ3n) is 1.31. The number of nitrogens with zero attached hydrogens (tertiary/aromatic N) is 1. The highest BCUT2D eigenvalue weighted by molar-refractivity contribution is 7.16.